The van der Waals surface area contributed by atoms with Crippen LogP contribution in [0, 0.1) is 0 Å². The zero-order chi connectivity index (χ0) is 15.3. The molecule has 1 aliphatic rings. The molecule has 0 spiro atoms. The van der Waals surface area contributed by atoms with Gasteiger partial charge >= 0.3 is 0 Å². The van der Waals surface area contributed by atoms with Crippen molar-refractivity contribution in [2.75, 3.05) is 20.3 Å². The molecule has 2 rings (SSSR count). The topological polar surface area (TPSA) is 89.4 Å². The van der Waals surface area contributed by atoms with E-state index in [9.17, 15) is 9.90 Å². The summed E-state index contributed by atoms with van der Waals surface area (Å²) >= 11 is 0. The lowest BCUT2D eigenvalue weighted by Crippen LogP contribution is -2.33. The fourth-order valence-corrected chi connectivity index (χ4v) is 1.94. The monoisotopic (exact) mass is 294 g/mol. The Morgan fingerprint density at radius 1 is 1.52 bits per heavy atom. The van der Waals surface area contributed by atoms with Crippen LogP contribution < -0.4 is 10.2 Å². The van der Waals surface area contributed by atoms with Crippen LogP contribution in [0.2, 0.25) is 0 Å². The molecule has 1 aromatic carbocycles. The summed E-state index contributed by atoms with van der Waals surface area (Å²) in [5, 5.41) is 13.3. The van der Waals surface area contributed by atoms with E-state index >= 15 is 0 Å². The standard InChI is InChI=1S/C14H18N2O5/c1-14(20-5-6-21-14)8-13(18)16-15-9-10-3-4-11(17)12(7-10)19-2/h3-4,7,9,17H,5-6,8H2,1-2H3,(H,16,18). The van der Waals surface area contributed by atoms with Gasteiger partial charge in [0.2, 0.25) is 5.91 Å². The average molecular weight is 294 g/mol. The van der Waals surface area contributed by atoms with Gasteiger partial charge in [-0.2, -0.15) is 5.10 Å². The van der Waals surface area contributed by atoms with Gasteiger partial charge in [-0.05, 0) is 30.7 Å². The van der Waals surface area contributed by atoms with E-state index in [1.54, 1.807) is 19.1 Å². The van der Waals surface area contributed by atoms with Crippen molar-refractivity contribution in [3.05, 3.63) is 23.8 Å². The van der Waals surface area contributed by atoms with E-state index in [4.69, 9.17) is 14.2 Å². The molecule has 2 N–H and O–H groups in total. The molecule has 1 aromatic rings. The maximum atomic E-state index is 11.7. The highest BCUT2D eigenvalue weighted by Crippen LogP contribution is 2.25. The molecule has 114 valence electrons. The van der Waals surface area contributed by atoms with Gasteiger partial charge < -0.3 is 19.3 Å². The highest BCUT2D eigenvalue weighted by atomic mass is 16.7. The molecule has 0 aromatic heterocycles. The first-order valence-corrected chi connectivity index (χ1v) is 6.49. The number of rotatable bonds is 5. The van der Waals surface area contributed by atoms with Crippen molar-refractivity contribution in [3.63, 3.8) is 0 Å². The molecule has 1 aliphatic heterocycles. The molecule has 7 heteroatoms. The lowest BCUT2D eigenvalue weighted by Gasteiger charge is -2.20. The number of carbonyl (C=O) groups is 1. The van der Waals surface area contributed by atoms with Crippen molar-refractivity contribution in [2.24, 2.45) is 5.10 Å². The average Bonchev–Trinajstić information content (AvgIpc) is 2.87. The summed E-state index contributed by atoms with van der Waals surface area (Å²) in [4.78, 5) is 11.7. The first-order valence-electron chi connectivity index (χ1n) is 6.49. The van der Waals surface area contributed by atoms with Gasteiger partial charge in [-0.15, -0.1) is 0 Å². The molecular formula is C14H18N2O5. The van der Waals surface area contributed by atoms with Crippen LogP contribution in [-0.4, -0.2) is 43.3 Å². The number of hydrazone groups is 1. The molecule has 1 heterocycles. The number of phenolic OH excluding ortho intramolecular Hbond substituents is 1. The Labute approximate surface area is 122 Å². The van der Waals surface area contributed by atoms with E-state index in [-0.39, 0.29) is 18.1 Å². The van der Waals surface area contributed by atoms with Crippen molar-refractivity contribution in [3.8, 4) is 11.5 Å². The number of hydrogen-bond donors (Lipinski definition) is 2. The maximum absolute atomic E-state index is 11.7. The Bertz CT molecular complexity index is 538. The SMILES string of the molecule is COc1cc(C=NNC(=O)CC2(C)OCCO2)ccc1O. The van der Waals surface area contributed by atoms with Crippen LogP contribution in [0.15, 0.2) is 23.3 Å². The third kappa shape index (κ3) is 4.17. The predicted octanol–water partition coefficient (Wildman–Crippen LogP) is 1.00. The summed E-state index contributed by atoms with van der Waals surface area (Å²) < 4.78 is 15.7. The Morgan fingerprint density at radius 3 is 2.90 bits per heavy atom. The maximum Gasteiger partial charge on any atom is 0.245 e. The molecule has 21 heavy (non-hydrogen) atoms. The van der Waals surface area contributed by atoms with Crippen molar-refractivity contribution in [1.29, 1.82) is 0 Å². The van der Waals surface area contributed by atoms with E-state index in [1.165, 1.54) is 19.4 Å². The van der Waals surface area contributed by atoms with E-state index in [0.29, 0.717) is 24.5 Å². The van der Waals surface area contributed by atoms with Crippen LogP contribution in [0.25, 0.3) is 0 Å². The molecule has 0 radical (unpaired) electrons. The second kappa shape index (κ2) is 6.55. The third-order valence-corrected chi connectivity index (χ3v) is 2.99. The number of benzene rings is 1. The highest BCUT2D eigenvalue weighted by molar-refractivity contribution is 5.83. The second-order valence-corrected chi connectivity index (χ2v) is 4.73. The minimum absolute atomic E-state index is 0.0436. The van der Waals surface area contributed by atoms with Crippen LogP contribution in [-0.2, 0) is 14.3 Å². The Kier molecular flexibility index (Phi) is 4.77. The number of methoxy groups -OCH3 is 1. The summed E-state index contributed by atoms with van der Waals surface area (Å²) in [6.45, 7) is 2.69. The molecule has 0 saturated carbocycles. The smallest absolute Gasteiger partial charge is 0.245 e. The number of nitrogens with one attached hydrogen (secondary N) is 1. The fraction of sp³-hybridized carbons (Fsp3) is 0.429. The minimum atomic E-state index is -0.874. The summed E-state index contributed by atoms with van der Waals surface area (Å²) in [6.07, 6.45) is 1.53. The fourth-order valence-electron chi connectivity index (χ4n) is 1.94. The van der Waals surface area contributed by atoms with Gasteiger partial charge in [0.05, 0.1) is 33.0 Å². The van der Waals surface area contributed by atoms with E-state index in [1.807, 2.05) is 0 Å². The normalized spacial score (nSPS) is 17.0. The molecule has 7 nitrogen and oxygen atoms in total. The zero-order valence-corrected chi connectivity index (χ0v) is 12.0. The van der Waals surface area contributed by atoms with Gasteiger partial charge in [-0.1, -0.05) is 0 Å². The predicted molar refractivity (Wildman–Crippen MR) is 75.3 cm³/mol. The highest BCUT2D eigenvalue weighted by Gasteiger charge is 2.33. The Morgan fingerprint density at radius 2 is 2.24 bits per heavy atom. The van der Waals surface area contributed by atoms with Gasteiger partial charge in [-0.25, -0.2) is 5.43 Å². The number of nitrogens with zero attached hydrogens (tertiary/aromatic N) is 1. The third-order valence-electron chi connectivity index (χ3n) is 2.99. The van der Waals surface area contributed by atoms with E-state index < -0.39 is 5.79 Å². The molecule has 0 atom stereocenters. The van der Waals surface area contributed by atoms with Gasteiger partial charge in [0.15, 0.2) is 17.3 Å². The molecule has 0 aliphatic carbocycles. The number of hydrogen-bond acceptors (Lipinski definition) is 6. The number of amides is 1. The molecule has 1 saturated heterocycles. The van der Waals surface area contributed by atoms with E-state index in [0.717, 1.165) is 0 Å². The number of ether oxygens (including phenoxy) is 3. The molecule has 0 unspecified atom stereocenters. The largest absolute Gasteiger partial charge is 0.504 e. The van der Waals surface area contributed by atoms with Crippen LogP contribution in [0.3, 0.4) is 0 Å². The van der Waals surface area contributed by atoms with Crippen LogP contribution in [0.4, 0.5) is 0 Å². The van der Waals surface area contributed by atoms with Crippen molar-refractivity contribution < 1.29 is 24.1 Å². The van der Waals surface area contributed by atoms with Crippen molar-refractivity contribution >= 4 is 12.1 Å². The van der Waals surface area contributed by atoms with Crippen molar-refractivity contribution in [2.45, 2.75) is 19.1 Å². The number of aromatic hydroxyl groups is 1. The first kappa shape index (κ1) is 15.3. The van der Waals surface area contributed by atoms with Crippen LogP contribution in [0.5, 0.6) is 11.5 Å². The number of phenols is 1. The molecule has 0 bridgehead atoms. The van der Waals surface area contributed by atoms with Crippen LogP contribution >= 0.6 is 0 Å². The molecular weight excluding hydrogens is 276 g/mol. The number of carbonyl (C=O) groups excluding carboxylic acids is 1. The zero-order valence-electron chi connectivity index (χ0n) is 12.0. The van der Waals surface area contributed by atoms with Gasteiger partial charge in [0, 0.05) is 0 Å². The first-order chi connectivity index (χ1) is 10.0. The summed E-state index contributed by atoms with van der Waals surface area (Å²) in [6, 6.07) is 4.75. The second-order valence-electron chi connectivity index (χ2n) is 4.73. The summed E-state index contributed by atoms with van der Waals surface area (Å²) in [7, 11) is 1.46. The Hall–Kier alpha value is -2.12. The van der Waals surface area contributed by atoms with Crippen LogP contribution in [0.1, 0.15) is 18.9 Å². The van der Waals surface area contributed by atoms with E-state index in [2.05, 4.69) is 10.5 Å². The minimum Gasteiger partial charge on any atom is -0.504 e. The van der Waals surface area contributed by atoms with Gasteiger partial charge in [0.25, 0.3) is 0 Å². The van der Waals surface area contributed by atoms with Gasteiger partial charge in [-0.3, -0.25) is 4.79 Å². The molecule has 1 amide bonds. The quantitative estimate of drug-likeness (QED) is 0.625. The molecule has 1 fully saturated rings. The van der Waals surface area contributed by atoms with Gasteiger partial charge in [0.1, 0.15) is 0 Å². The summed E-state index contributed by atoms with van der Waals surface area (Å²) in [5.41, 5.74) is 3.09. The lowest BCUT2D eigenvalue weighted by atomic mass is 10.2. The van der Waals surface area contributed by atoms with Crippen molar-refractivity contribution in [1.82, 2.24) is 5.43 Å². The summed E-state index contributed by atoms with van der Waals surface area (Å²) in [5.74, 6) is -0.796. The lowest BCUT2D eigenvalue weighted by molar-refractivity contribution is -0.159. The Balaban J connectivity index is 1.88.